The minimum Gasteiger partial charge on any atom is -0.354 e. The van der Waals surface area contributed by atoms with Gasteiger partial charge in [0.15, 0.2) is 5.65 Å². The van der Waals surface area contributed by atoms with E-state index in [0.717, 1.165) is 12.1 Å². The van der Waals surface area contributed by atoms with Gasteiger partial charge in [-0.05, 0) is 85.3 Å². The lowest BCUT2D eigenvalue weighted by Gasteiger charge is -2.29. The molecule has 5 heteroatoms. The highest BCUT2D eigenvalue weighted by atomic mass is 15.3. The molecule has 0 radical (unpaired) electrons. The summed E-state index contributed by atoms with van der Waals surface area (Å²) in [6.45, 7) is 9.04. The van der Waals surface area contributed by atoms with E-state index in [9.17, 15) is 0 Å². The fourth-order valence-corrected chi connectivity index (χ4v) is 6.45. The number of aromatic nitrogens is 4. The largest absolute Gasteiger partial charge is 0.354 e. The summed E-state index contributed by atoms with van der Waals surface area (Å²) in [5.41, 5.74) is 10.2. The molecule has 2 aliphatic heterocycles. The maximum Gasteiger partial charge on any atom is 0.158 e. The molecule has 6 rings (SSSR count). The number of nitrogens with one attached hydrogen (secondary N) is 2. The Morgan fingerprint density at radius 2 is 1.94 bits per heavy atom. The first kappa shape index (κ1) is 20.0. The molecule has 4 aromatic rings. The molecule has 3 aromatic heterocycles. The zero-order chi connectivity index (χ0) is 22.0. The first-order chi connectivity index (χ1) is 15.5. The van der Waals surface area contributed by atoms with E-state index in [0.29, 0.717) is 23.9 Å². The van der Waals surface area contributed by atoms with E-state index in [1.54, 1.807) is 6.33 Å². The van der Waals surface area contributed by atoms with Crippen molar-refractivity contribution in [1.29, 1.82) is 0 Å². The minimum absolute atomic E-state index is 0.426. The van der Waals surface area contributed by atoms with Crippen LogP contribution in [0, 0.1) is 6.92 Å². The van der Waals surface area contributed by atoms with Gasteiger partial charge in [0, 0.05) is 34.7 Å². The van der Waals surface area contributed by atoms with Crippen LogP contribution in [0.5, 0.6) is 0 Å². The fraction of sp³-hybridized carbons (Fsp3) is 0.481. The number of aromatic amines is 1. The monoisotopic (exact) mass is 427 g/mol. The van der Waals surface area contributed by atoms with Crippen molar-refractivity contribution in [2.24, 2.45) is 0 Å². The van der Waals surface area contributed by atoms with E-state index < -0.39 is 0 Å². The van der Waals surface area contributed by atoms with E-state index in [-0.39, 0.29) is 0 Å². The first-order valence-electron chi connectivity index (χ1n) is 12.3. The Hall–Kier alpha value is -2.66. The Labute approximate surface area is 189 Å². The van der Waals surface area contributed by atoms with Gasteiger partial charge in [0.2, 0.25) is 0 Å². The van der Waals surface area contributed by atoms with Crippen molar-refractivity contribution in [3.8, 4) is 11.3 Å². The van der Waals surface area contributed by atoms with E-state index in [1.807, 2.05) is 4.52 Å². The number of pyridine rings is 1. The molecule has 0 spiro atoms. The van der Waals surface area contributed by atoms with Crippen LogP contribution in [0.2, 0.25) is 0 Å². The Balaban J connectivity index is 1.52. The van der Waals surface area contributed by atoms with E-state index >= 15 is 0 Å². The van der Waals surface area contributed by atoms with E-state index in [1.165, 1.54) is 70.1 Å². The Kier molecular flexibility index (Phi) is 4.65. The van der Waals surface area contributed by atoms with Crippen molar-refractivity contribution in [1.82, 2.24) is 24.9 Å². The predicted octanol–water partition coefficient (Wildman–Crippen LogP) is 5.87. The van der Waals surface area contributed by atoms with Gasteiger partial charge < -0.3 is 10.3 Å². The van der Waals surface area contributed by atoms with Crippen LogP contribution >= 0.6 is 0 Å². The zero-order valence-electron chi connectivity index (χ0n) is 19.6. The Bertz CT molecular complexity index is 1300. The normalized spacial score (nSPS) is 23.1. The average Bonchev–Trinajstić information content (AvgIpc) is 3.49. The molecule has 2 N–H and O–H groups in total. The summed E-state index contributed by atoms with van der Waals surface area (Å²) in [4.78, 5) is 8.29. The van der Waals surface area contributed by atoms with Crippen molar-refractivity contribution < 1.29 is 0 Å². The van der Waals surface area contributed by atoms with Gasteiger partial charge in [-0.3, -0.25) is 0 Å². The van der Waals surface area contributed by atoms with Crippen LogP contribution < -0.4 is 5.32 Å². The SMILES string of the molecule is CCc1c(-c2[nH]c3ccc(C4CC5CCC(C4)N5)cc3c2C(C)C)cn2ncnc2c1C. The third-order valence-corrected chi connectivity index (χ3v) is 7.95. The number of hydrogen-bond donors (Lipinski definition) is 2. The molecule has 5 nitrogen and oxygen atoms in total. The molecule has 166 valence electrons. The molecule has 2 fully saturated rings. The molecular formula is C27H33N5. The Morgan fingerprint density at radius 3 is 2.66 bits per heavy atom. The lowest BCUT2D eigenvalue weighted by atomic mass is 9.85. The van der Waals surface area contributed by atoms with Gasteiger partial charge >= 0.3 is 0 Å². The van der Waals surface area contributed by atoms with Crippen molar-refractivity contribution in [2.75, 3.05) is 0 Å². The first-order valence-corrected chi connectivity index (χ1v) is 12.3. The molecule has 1 aromatic carbocycles. The van der Waals surface area contributed by atoms with Gasteiger partial charge in [0.05, 0.1) is 5.69 Å². The molecular weight excluding hydrogens is 394 g/mol. The van der Waals surface area contributed by atoms with Crippen LogP contribution in [0.15, 0.2) is 30.7 Å². The molecule has 2 bridgehead atoms. The van der Waals surface area contributed by atoms with Crippen LogP contribution in [0.25, 0.3) is 27.8 Å². The van der Waals surface area contributed by atoms with Crippen molar-refractivity contribution in [3.05, 3.63) is 53.0 Å². The van der Waals surface area contributed by atoms with Crippen molar-refractivity contribution in [3.63, 3.8) is 0 Å². The number of nitrogens with zero attached hydrogens (tertiary/aromatic N) is 3. The molecule has 0 aliphatic carbocycles. The van der Waals surface area contributed by atoms with Crippen LogP contribution in [0.1, 0.15) is 80.5 Å². The highest BCUT2D eigenvalue weighted by Crippen LogP contribution is 2.42. The van der Waals surface area contributed by atoms with Crippen LogP contribution in [-0.4, -0.2) is 31.7 Å². The zero-order valence-corrected chi connectivity index (χ0v) is 19.6. The highest BCUT2D eigenvalue weighted by Gasteiger charge is 2.34. The number of rotatable bonds is 4. The third kappa shape index (κ3) is 3.01. The number of fused-ring (bicyclic) bond motifs is 4. The van der Waals surface area contributed by atoms with Crippen LogP contribution in [0.4, 0.5) is 0 Å². The van der Waals surface area contributed by atoms with Gasteiger partial charge in [-0.25, -0.2) is 9.50 Å². The summed E-state index contributed by atoms with van der Waals surface area (Å²) in [7, 11) is 0. The Morgan fingerprint density at radius 1 is 1.16 bits per heavy atom. The second-order valence-corrected chi connectivity index (χ2v) is 10.2. The van der Waals surface area contributed by atoms with Gasteiger partial charge in [-0.2, -0.15) is 5.10 Å². The number of H-pyrrole nitrogens is 1. The second kappa shape index (κ2) is 7.45. The van der Waals surface area contributed by atoms with Gasteiger partial charge in [0.1, 0.15) is 6.33 Å². The fourth-order valence-electron chi connectivity index (χ4n) is 6.45. The van der Waals surface area contributed by atoms with Crippen molar-refractivity contribution >= 4 is 16.6 Å². The van der Waals surface area contributed by atoms with Crippen LogP contribution in [0.3, 0.4) is 0 Å². The summed E-state index contributed by atoms with van der Waals surface area (Å²) in [5, 5.41) is 9.63. The van der Waals surface area contributed by atoms with Crippen molar-refractivity contribution in [2.45, 2.75) is 83.7 Å². The van der Waals surface area contributed by atoms with E-state index in [2.05, 4.69) is 72.5 Å². The van der Waals surface area contributed by atoms with Gasteiger partial charge in [-0.15, -0.1) is 0 Å². The molecule has 2 unspecified atom stereocenters. The van der Waals surface area contributed by atoms with Gasteiger partial charge in [-0.1, -0.05) is 26.8 Å². The highest BCUT2D eigenvalue weighted by molar-refractivity contribution is 5.92. The smallest absolute Gasteiger partial charge is 0.158 e. The molecule has 32 heavy (non-hydrogen) atoms. The molecule has 2 saturated heterocycles. The summed E-state index contributed by atoms with van der Waals surface area (Å²) >= 11 is 0. The summed E-state index contributed by atoms with van der Waals surface area (Å²) in [6.07, 6.45) is 10.0. The predicted molar refractivity (Wildman–Crippen MR) is 130 cm³/mol. The number of hydrogen-bond acceptors (Lipinski definition) is 3. The topological polar surface area (TPSA) is 58.0 Å². The summed E-state index contributed by atoms with van der Waals surface area (Å²) in [5.74, 6) is 1.10. The number of piperidine rings is 1. The minimum atomic E-state index is 0.426. The molecule has 2 atom stereocenters. The summed E-state index contributed by atoms with van der Waals surface area (Å²) < 4.78 is 1.93. The second-order valence-electron chi connectivity index (χ2n) is 10.2. The molecule has 2 aliphatic rings. The standard InChI is InChI=1S/C27H33N5/c1-5-21-16(4)27-28-14-29-32(27)13-23(21)26-25(15(2)3)22-12-17(6-9-24(22)31-26)18-10-19-7-8-20(11-18)30-19/h6,9,12-15,18-20,30-31H,5,7-8,10-11H2,1-4H3. The summed E-state index contributed by atoms with van der Waals surface area (Å²) in [6, 6.07) is 8.60. The number of aryl methyl sites for hydroxylation is 1. The molecule has 0 amide bonds. The maximum atomic E-state index is 4.48. The lowest BCUT2D eigenvalue weighted by Crippen LogP contribution is -2.37. The molecule has 5 heterocycles. The van der Waals surface area contributed by atoms with E-state index in [4.69, 9.17) is 0 Å². The number of benzene rings is 1. The quantitative estimate of drug-likeness (QED) is 0.428. The average molecular weight is 428 g/mol. The third-order valence-electron chi connectivity index (χ3n) is 7.95. The van der Waals surface area contributed by atoms with Gasteiger partial charge in [0.25, 0.3) is 0 Å². The maximum absolute atomic E-state index is 4.48. The lowest BCUT2D eigenvalue weighted by molar-refractivity contribution is 0.363. The van der Waals surface area contributed by atoms with Crippen LogP contribution in [-0.2, 0) is 6.42 Å². The molecule has 0 saturated carbocycles.